The van der Waals surface area contributed by atoms with Crippen LogP contribution < -0.4 is 10.6 Å². The second-order valence-corrected chi connectivity index (χ2v) is 12.2. The Morgan fingerprint density at radius 1 is 1.05 bits per heavy atom. The van der Waals surface area contributed by atoms with Gasteiger partial charge in [0.1, 0.15) is 5.82 Å². The predicted octanol–water partition coefficient (Wildman–Crippen LogP) is 1.20. The number of hydrogen-bond acceptors (Lipinski definition) is 10. The van der Waals surface area contributed by atoms with Crippen LogP contribution in [0.3, 0.4) is 0 Å². The number of hydrazine groups is 1. The van der Waals surface area contributed by atoms with E-state index in [1.54, 1.807) is 11.7 Å². The largest absolute Gasteiger partial charge is 0.401 e. The van der Waals surface area contributed by atoms with Gasteiger partial charge in [0.15, 0.2) is 11.6 Å². The molecule has 3 aromatic rings. The fourth-order valence-corrected chi connectivity index (χ4v) is 5.43. The molecule has 0 aliphatic carbocycles. The van der Waals surface area contributed by atoms with Crippen molar-refractivity contribution in [1.29, 1.82) is 0 Å². The Hall–Kier alpha value is -3.36. The first-order chi connectivity index (χ1) is 19.2. The van der Waals surface area contributed by atoms with Crippen LogP contribution in [-0.4, -0.2) is 115 Å². The number of benzene rings is 1. The number of piperazine rings is 1. The molecule has 12 nitrogen and oxygen atoms in total. The maximum atomic E-state index is 11.9. The van der Waals surface area contributed by atoms with Crippen LogP contribution in [-0.2, 0) is 14.8 Å². The molecule has 0 amide bonds. The first-order valence-corrected chi connectivity index (χ1v) is 15.2. The number of rotatable bonds is 8. The molecule has 0 radical (unpaired) electrons. The van der Waals surface area contributed by atoms with Crippen LogP contribution in [0.5, 0.6) is 0 Å². The van der Waals surface area contributed by atoms with Crippen molar-refractivity contribution in [2.75, 3.05) is 77.2 Å². The number of aryl methyl sites for hydroxylation is 1. The SMILES string of the molecule is Cc1cccc(-c2ccn(-c3cc(N4CCOCC4)nc(C=C(N)CN4CCN(N(C)S(C)(=O)=O)CC4)n3)n2)c1. The minimum atomic E-state index is -3.27. The molecule has 5 rings (SSSR count). The zero-order chi connectivity index (χ0) is 28.3. The van der Waals surface area contributed by atoms with Gasteiger partial charge < -0.3 is 15.4 Å². The highest BCUT2D eigenvalue weighted by atomic mass is 32.2. The molecule has 0 spiro atoms. The summed E-state index contributed by atoms with van der Waals surface area (Å²) in [4.78, 5) is 14.0. The van der Waals surface area contributed by atoms with E-state index in [-0.39, 0.29) is 0 Å². The number of nitrogens with zero attached hydrogens (tertiary/aromatic N) is 8. The van der Waals surface area contributed by atoms with Gasteiger partial charge in [0.05, 0.1) is 25.2 Å². The molecule has 2 aliphatic heterocycles. The zero-order valence-electron chi connectivity index (χ0n) is 23.3. The first kappa shape index (κ1) is 28.2. The van der Waals surface area contributed by atoms with Crippen molar-refractivity contribution in [3.8, 4) is 17.1 Å². The maximum absolute atomic E-state index is 11.9. The average molecular weight is 568 g/mol. The number of nitrogens with two attached hydrogens (primary N) is 1. The Balaban J connectivity index is 1.36. The number of morpholine rings is 1. The Morgan fingerprint density at radius 2 is 1.77 bits per heavy atom. The molecule has 2 saturated heterocycles. The summed E-state index contributed by atoms with van der Waals surface area (Å²) in [5.74, 6) is 1.98. The lowest BCUT2D eigenvalue weighted by atomic mass is 10.1. The summed E-state index contributed by atoms with van der Waals surface area (Å²) in [6, 6.07) is 12.2. The van der Waals surface area contributed by atoms with Gasteiger partial charge >= 0.3 is 0 Å². The van der Waals surface area contributed by atoms with Crippen LogP contribution in [0.15, 0.2) is 48.3 Å². The summed E-state index contributed by atoms with van der Waals surface area (Å²) in [5, 5.41) is 6.64. The van der Waals surface area contributed by atoms with E-state index in [1.807, 2.05) is 41.5 Å². The van der Waals surface area contributed by atoms with Crippen LogP contribution >= 0.6 is 0 Å². The van der Waals surface area contributed by atoms with Gasteiger partial charge in [0, 0.05) is 82.5 Å². The summed E-state index contributed by atoms with van der Waals surface area (Å²) in [5.41, 5.74) is 10.2. The fourth-order valence-electron chi connectivity index (χ4n) is 4.84. The van der Waals surface area contributed by atoms with Gasteiger partial charge in [-0.05, 0) is 19.1 Å². The predicted molar refractivity (Wildman–Crippen MR) is 155 cm³/mol. The standard InChI is InChI=1S/C27H37N9O3S/c1-21-5-4-6-22(17-21)24-7-8-36(31-24)27-19-26(34-13-15-39-16-14-34)29-25(30-27)18-23(28)20-33-9-11-35(12-10-33)32(2)40(3,37)38/h4-8,17-19H,9-16,20,28H2,1-3H3. The van der Waals surface area contributed by atoms with Crippen molar-refractivity contribution in [2.45, 2.75) is 6.92 Å². The number of ether oxygens (including phenoxy) is 1. The van der Waals surface area contributed by atoms with Crippen molar-refractivity contribution in [3.05, 3.63) is 59.7 Å². The van der Waals surface area contributed by atoms with Crippen LogP contribution in [0.4, 0.5) is 5.82 Å². The minimum absolute atomic E-state index is 0.513. The highest BCUT2D eigenvalue weighted by molar-refractivity contribution is 7.88. The van der Waals surface area contributed by atoms with E-state index in [0.29, 0.717) is 63.3 Å². The molecule has 2 aromatic heterocycles. The monoisotopic (exact) mass is 567 g/mol. The minimum Gasteiger partial charge on any atom is -0.401 e. The molecule has 2 fully saturated rings. The van der Waals surface area contributed by atoms with Crippen LogP contribution in [0.25, 0.3) is 23.2 Å². The number of anilines is 1. The number of sulfonamides is 1. The van der Waals surface area contributed by atoms with E-state index in [0.717, 1.165) is 30.2 Å². The van der Waals surface area contributed by atoms with E-state index in [4.69, 9.17) is 25.5 Å². The smallest absolute Gasteiger partial charge is 0.223 e. The molecule has 0 unspecified atom stereocenters. The van der Waals surface area contributed by atoms with Gasteiger partial charge in [-0.2, -0.15) is 5.10 Å². The average Bonchev–Trinajstić information content (AvgIpc) is 3.44. The Labute approximate surface area is 235 Å². The topological polar surface area (TPSA) is 126 Å². The molecule has 2 aliphatic rings. The molecule has 214 valence electrons. The van der Waals surface area contributed by atoms with Crippen molar-refractivity contribution >= 4 is 21.9 Å². The zero-order valence-corrected chi connectivity index (χ0v) is 24.1. The van der Waals surface area contributed by atoms with Crippen LogP contribution in [0.2, 0.25) is 0 Å². The third-order valence-corrected chi connectivity index (χ3v) is 8.33. The van der Waals surface area contributed by atoms with Gasteiger partial charge in [-0.15, -0.1) is 4.41 Å². The molecule has 4 heterocycles. The van der Waals surface area contributed by atoms with E-state index in [1.165, 1.54) is 16.2 Å². The second-order valence-electron chi connectivity index (χ2n) is 10.2. The van der Waals surface area contributed by atoms with Gasteiger partial charge in [-0.25, -0.2) is 28.1 Å². The quantitative estimate of drug-likeness (QED) is 0.424. The second kappa shape index (κ2) is 12.0. The van der Waals surface area contributed by atoms with E-state index >= 15 is 0 Å². The lowest BCUT2D eigenvalue weighted by molar-refractivity contribution is 0.0275. The molecule has 2 N–H and O–H groups in total. The molecule has 0 saturated carbocycles. The lowest BCUT2D eigenvalue weighted by Crippen LogP contribution is -2.54. The Kier molecular flexibility index (Phi) is 8.47. The molecular weight excluding hydrogens is 530 g/mol. The van der Waals surface area contributed by atoms with Gasteiger partial charge in [0.2, 0.25) is 10.0 Å². The lowest BCUT2D eigenvalue weighted by Gasteiger charge is -2.38. The van der Waals surface area contributed by atoms with Gasteiger partial charge in [0.25, 0.3) is 0 Å². The van der Waals surface area contributed by atoms with Crippen molar-refractivity contribution in [3.63, 3.8) is 0 Å². The van der Waals surface area contributed by atoms with Crippen molar-refractivity contribution in [1.82, 2.24) is 34.1 Å². The Morgan fingerprint density at radius 3 is 2.48 bits per heavy atom. The van der Waals surface area contributed by atoms with E-state index < -0.39 is 10.0 Å². The third-order valence-electron chi connectivity index (χ3n) is 7.14. The summed E-state index contributed by atoms with van der Waals surface area (Å²) < 4.78 is 32.4. The van der Waals surface area contributed by atoms with Gasteiger partial charge in [-0.3, -0.25) is 4.90 Å². The molecule has 40 heavy (non-hydrogen) atoms. The summed E-state index contributed by atoms with van der Waals surface area (Å²) in [7, 11) is -1.69. The number of hydrogen-bond donors (Lipinski definition) is 1. The van der Waals surface area contributed by atoms with Crippen molar-refractivity contribution < 1.29 is 13.2 Å². The van der Waals surface area contributed by atoms with Crippen LogP contribution in [0, 0.1) is 6.92 Å². The highest BCUT2D eigenvalue weighted by Crippen LogP contribution is 2.22. The summed E-state index contributed by atoms with van der Waals surface area (Å²) in [6.07, 6.45) is 4.94. The molecule has 13 heteroatoms. The third kappa shape index (κ3) is 6.85. The number of aromatic nitrogens is 4. The molecular formula is C27H37N9O3S. The van der Waals surface area contributed by atoms with E-state index in [2.05, 4.69) is 28.9 Å². The first-order valence-electron chi connectivity index (χ1n) is 13.4. The van der Waals surface area contributed by atoms with E-state index in [9.17, 15) is 8.42 Å². The molecule has 0 atom stereocenters. The molecule has 1 aromatic carbocycles. The maximum Gasteiger partial charge on any atom is 0.223 e. The Bertz CT molecular complexity index is 1460. The normalized spacial score (nSPS) is 18.0. The molecule has 0 bridgehead atoms. The van der Waals surface area contributed by atoms with Crippen LogP contribution in [0.1, 0.15) is 11.4 Å². The highest BCUT2D eigenvalue weighted by Gasteiger charge is 2.25. The van der Waals surface area contributed by atoms with Crippen molar-refractivity contribution in [2.24, 2.45) is 5.73 Å². The summed E-state index contributed by atoms with van der Waals surface area (Å²) in [6.45, 7) is 7.99. The van der Waals surface area contributed by atoms with Gasteiger partial charge in [-0.1, -0.05) is 23.8 Å². The summed E-state index contributed by atoms with van der Waals surface area (Å²) >= 11 is 0. The fraction of sp³-hybridized carbons (Fsp3) is 0.444.